The minimum atomic E-state index is -1.13. The molecule has 1 atom stereocenters. The van der Waals surface area contributed by atoms with Crippen LogP contribution in [0.5, 0.6) is 0 Å². The van der Waals surface area contributed by atoms with Gasteiger partial charge in [0.25, 0.3) is 0 Å². The summed E-state index contributed by atoms with van der Waals surface area (Å²) in [6, 6.07) is 1.56. The highest BCUT2D eigenvalue weighted by atomic mass is 79.9. The van der Waals surface area contributed by atoms with Crippen molar-refractivity contribution in [1.82, 2.24) is 0 Å². The van der Waals surface area contributed by atoms with Gasteiger partial charge < -0.3 is 0 Å². The Morgan fingerprint density at radius 3 is 2.50 bits per heavy atom. The Bertz CT molecular complexity index is 452. The highest BCUT2D eigenvalue weighted by Crippen LogP contribution is 2.28. The first-order chi connectivity index (χ1) is 8.31. The number of alkyl halides is 1. The normalized spacial score (nSPS) is 12.8. The van der Waals surface area contributed by atoms with E-state index < -0.39 is 22.2 Å². The first kappa shape index (κ1) is 15.0. The molecule has 100 valence electrons. The van der Waals surface area contributed by atoms with E-state index >= 15 is 0 Å². The van der Waals surface area contributed by atoms with Crippen LogP contribution in [0.4, 0.5) is 14.5 Å². The maximum absolute atomic E-state index is 13.4. The van der Waals surface area contributed by atoms with Crippen LogP contribution in [0, 0.1) is 27.7 Å². The van der Waals surface area contributed by atoms with Gasteiger partial charge in [0, 0.05) is 16.5 Å². The monoisotopic (exact) mass is 321 g/mol. The summed E-state index contributed by atoms with van der Waals surface area (Å²) in [7, 11) is 0. The zero-order valence-electron chi connectivity index (χ0n) is 10.1. The second-order valence-electron chi connectivity index (χ2n) is 4.58. The molecule has 18 heavy (non-hydrogen) atoms. The molecule has 0 amide bonds. The van der Waals surface area contributed by atoms with E-state index in [-0.39, 0.29) is 16.8 Å². The van der Waals surface area contributed by atoms with Crippen molar-refractivity contribution in [2.24, 2.45) is 5.92 Å². The fourth-order valence-electron chi connectivity index (χ4n) is 1.81. The molecular weight excluding hydrogens is 308 g/mol. The van der Waals surface area contributed by atoms with E-state index in [0.717, 1.165) is 12.5 Å². The summed E-state index contributed by atoms with van der Waals surface area (Å²) >= 11 is 3.38. The number of benzene rings is 1. The molecule has 3 nitrogen and oxygen atoms in total. The highest BCUT2D eigenvalue weighted by molar-refractivity contribution is 9.09. The summed E-state index contributed by atoms with van der Waals surface area (Å²) < 4.78 is 26.5. The molecule has 0 spiro atoms. The fraction of sp³-hybridized carbons (Fsp3) is 0.500. The Hall–Kier alpha value is -1.04. The summed E-state index contributed by atoms with van der Waals surface area (Å²) in [5.74, 6) is -1.52. The SMILES string of the molecule is CC(C)CC(Br)Cc1cc(F)cc(F)c1[N+](=O)[O-]. The van der Waals surface area contributed by atoms with E-state index in [9.17, 15) is 18.9 Å². The molecule has 0 fully saturated rings. The fourth-order valence-corrected chi connectivity index (χ4v) is 2.91. The molecule has 0 radical (unpaired) electrons. The van der Waals surface area contributed by atoms with E-state index in [4.69, 9.17) is 0 Å². The lowest BCUT2D eigenvalue weighted by Gasteiger charge is -2.12. The lowest BCUT2D eigenvalue weighted by Crippen LogP contribution is -2.09. The van der Waals surface area contributed by atoms with Crippen molar-refractivity contribution in [3.8, 4) is 0 Å². The molecule has 0 aliphatic heterocycles. The van der Waals surface area contributed by atoms with Gasteiger partial charge in [-0.05, 0) is 24.8 Å². The summed E-state index contributed by atoms with van der Waals surface area (Å²) in [5, 5.41) is 10.8. The zero-order valence-corrected chi connectivity index (χ0v) is 11.7. The second kappa shape index (κ2) is 6.22. The third kappa shape index (κ3) is 4.01. The third-order valence-corrected chi connectivity index (χ3v) is 3.16. The van der Waals surface area contributed by atoms with Crippen molar-refractivity contribution in [2.75, 3.05) is 0 Å². The van der Waals surface area contributed by atoms with E-state index in [2.05, 4.69) is 15.9 Å². The highest BCUT2D eigenvalue weighted by Gasteiger charge is 2.23. The summed E-state index contributed by atoms with van der Waals surface area (Å²) in [5.41, 5.74) is -0.551. The molecule has 0 aromatic heterocycles. The van der Waals surface area contributed by atoms with E-state index in [1.165, 1.54) is 0 Å². The van der Waals surface area contributed by atoms with Crippen LogP contribution >= 0.6 is 15.9 Å². The smallest absolute Gasteiger partial charge is 0.258 e. The Morgan fingerprint density at radius 1 is 1.39 bits per heavy atom. The molecule has 0 aliphatic rings. The van der Waals surface area contributed by atoms with Crippen molar-refractivity contribution >= 4 is 21.6 Å². The number of nitro benzene ring substituents is 1. The van der Waals surface area contributed by atoms with Crippen molar-refractivity contribution in [3.63, 3.8) is 0 Å². The number of hydrogen-bond acceptors (Lipinski definition) is 2. The van der Waals surface area contributed by atoms with Gasteiger partial charge in [-0.1, -0.05) is 29.8 Å². The summed E-state index contributed by atoms with van der Waals surface area (Å²) in [6.07, 6.45) is 0.998. The summed E-state index contributed by atoms with van der Waals surface area (Å²) in [4.78, 5) is 9.93. The van der Waals surface area contributed by atoms with Gasteiger partial charge in [-0.15, -0.1) is 0 Å². The standard InChI is InChI=1S/C12H14BrF2NO2/c1-7(2)3-9(13)4-8-5-10(14)6-11(15)12(8)16(17)18/h5-7,9H,3-4H2,1-2H3. The lowest BCUT2D eigenvalue weighted by molar-refractivity contribution is -0.388. The summed E-state index contributed by atoms with van der Waals surface area (Å²) in [6.45, 7) is 4.02. The van der Waals surface area contributed by atoms with Gasteiger partial charge in [0.2, 0.25) is 5.82 Å². The van der Waals surface area contributed by atoms with E-state index in [1.807, 2.05) is 13.8 Å². The molecule has 1 rings (SSSR count). The second-order valence-corrected chi connectivity index (χ2v) is 5.88. The first-order valence-electron chi connectivity index (χ1n) is 5.57. The molecule has 0 heterocycles. The largest absolute Gasteiger partial charge is 0.308 e. The van der Waals surface area contributed by atoms with E-state index in [0.29, 0.717) is 12.0 Å². The van der Waals surface area contributed by atoms with Crippen LogP contribution in [0.2, 0.25) is 0 Å². The molecule has 0 saturated carbocycles. The van der Waals surface area contributed by atoms with Crippen molar-refractivity contribution in [1.29, 1.82) is 0 Å². The minimum Gasteiger partial charge on any atom is -0.258 e. The zero-order chi connectivity index (χ0) is 13.9. The maximum atomic E-state index is 13.4. The third-order valence-electron chi connectivity index (χ3n) is 2.46. The van der Waals surface area contributed by atoms with Crippen molar-refractivity contribution in [3.05, 3.63) is 39.4 Å². The van der Waals surface area contributed by atoms with Crippen LogP contribution in [0.25, 0.3) is 0 Å². The van der Waals surface area contributed by atoms with Gasteiger partial charge in [-0.3, -0.25) is 10.1 Å². The average molecular weight is 322 g/mol. The van der Waals surface area contributed by atoms with Gasteiger partial charge in [0.1, 0.15) is 5.82 Å². The predicted molar refractivity (Wildman–Crippen MR) is 68.9 cm³/mol. The number of rotatable bonds is 5. The van der Waals surface area contributed by atoms with Crippen molar-refractivity contribution in [2.45, 2.75) is 31.5 Å². The molecule has 1 aromatic rings. The topological polar surface area (TPSA) is 43.1 Å². The predicted octanol–water partition coefficient (Wildman–Crippen LogP) is 4.23. The van der Waals surface area contributed by atoms with Crippen LogP contribution in [0.15, 0.2) is 12.1 Å². The quantitative estimate of drug-likeness (QED) is 0.463. The number of hydrogen-bond donors (Lipinski definition) is 0. The van der Waals surface area contributed by atoms with Crippen LogP contribution in [0.1, 0.15) is 25.8 Å². The van der Waals surface area contributed by atoms with Gasteiger partial charge in [-0.25, -0.2) is 4.39 Å². The molecule has 0 bridgehead atoms. The van der Waals surface area contributed by atoms with Gasteiger partial charge in [0.15, 0.2) is 0 Å². The van der Waals surface area contributed by atoms with Crippen LogP contribution in [-0.2, 0) is 6.42 Å². The number of halogens is 3. The molecule has 1 aromatic carbocycles. The minimum absolute atomic E-state index is 0.0441. The molecule has 1 unspecified atom stereocenters. The van der Waals surface area contributed by atoms with Gasteiger partial charge >= 0.3 is 5.69 Å². The first-order valence-corrected chi connectivity index (χ1v) is 6.49. The molecular formula is C12H14BrF2NO2. The van der Waals surface area contributed by atoms with Crippen LogP contribution in [-0.4, -0.2) is 9.75 Å². The molecule has 6 heteroatoms. The molecule has 0 aliphatic carbocycles. The van der Waals surface area contributed by atoms with E-state index in [1.54, 1.807) is 0 Å². The Labute approximate surface area is 112 Å². The van der Waals surface area contributed by atoms with Gasteiger partial charge in [-0.2, -0.15) is 4.39 Å². The van der Waals surface area contributed by atoms with Gasteiger partial charge in [0.05, 0.1) is 4.92 Å². The number of nitrogens with zero attached hydrogens (tertiary/aromatic N) is 1. The Balaban J connectivity index is 3.03. The molecule has 0 N–H and O–H groups in total. The van der Waals surface area contributed by atoms with Crippen LogP contribution < -0.4 is 0 Å². The molecule has 0 saturated heterocycles. The Morgan fingerprint density at radius 2 is 2.00 bits per heavy atom. The van der Waals surface area contributed by atoms with Crippen LogP contribution in [0.3, 0.4) is 0 Å². The number of nitro groups is 1. The van der Waals surface area contributed by atoms with Crippen molar-refractivity contribution < 1.29 is 13.7 Å². The maximum Gasteiger partial charge on any atom is 0.308 e. The average Bonchev–Trinajstić information content (AvgIpc) is 2.12. The lowest BCUT2D eigenvalue weighted by atomic mass is 10.0. The Kier molecular flexibility index (Phi) is 5.19.